The van der Waals surface area contributed by atoms with Gasteiger partial charge in [-0.3, -0.25) is 9.59 Å². The van der Waals surface area contributed by atoms with E-state index in [9.17, 15) is 9.59 Å². The molecule has 132 valence electrons. The van der Waals surface area contributed by atoms with E-state index in [2.05, 4.69) is 10.6 Å². The van der Waals surface area contributed by atoms with Gasteiger partial charge in [-0.05, 0) is 49.4 Å². The predicted octanol–water partition coefficient (Wildman–Crippen LogP) is 3.55. The summed E-state index contributed by atoms with van der Waals surface area (Å²) in [6.07, 6.45) is 0. The molecule has 0 aliphatic heterocycles. The molecular formula is C18H18Cl2N2O3. The Bertz CT molecular complexity index is 748. The lowest BCUT2D eigenvalue weighted by Crippen LogP contribution is -2.34. The van der Waals surface area contributed by atoms with Gasteiger partial charge in [0.25, 0.3) is 11.8 Å². The van der Waals surface area contributed by atoms with Crippen molar-refractivity contribution in [3.63, 3.8) is 0 Å². The molecule has 0 atom stereocenters. The van der Waals surface area contributed by atoms with Gasteiger partial charge in [-0.25, -0.2) is 0 Å². The Kier molecular flexibility index (Phi) is 7.10. The van der Waals surface area contributed by atoms with Crippen molar-refractivity contribution in [2.75, 3.05) is 19.7 Å². The molecule has 0 saturated carbocycles. The van der Waals surface area contributed by atoms with Crippen LogP contribution in [0.1, 0.15) is 27.6 Å². The molecule has 0 aliphatic carbocycles. The molecule has 0 saturated heterocycles. The van der Waals surface area contributed by atoms with Gasteiger partial charge in [-0.1, -0.05) is 23.2 Å². The average Bonchev–Trinajstić information content (AvgIpc) is 2.61. The monoisotopic (exact) mass is 380 g/mol. The van der Waals surface area contributed by atoms with Gasteiger partial charge in [-0.2, -0.15) is 0 Å². The van der Waals surface area contributed by atoms with E-state index in [1.165, 1.54) is 6.07 Å². The van der Waals surface area contributed by atoms with Crippen LogP contribution in [-0.2, 0) is 0 Å². The Labute approximate surface area is 156 Å². The molecule has 5 nitrogen and oxygen atoms in total. The van der Waals surface area contributed by atoms with E-state index in [0.29, 0.717) is 46.6 Å². The van der Waals surface area contributed by atoms with Crippen molar-refractivity contribution in [2.45, 2.75) is 6.92 Å². The standard InChI is InChI=1S/C18H18Cl2N2O3/c1-2-25-14-6-3-12(4-7-14)17(23)21-9-10-22-18(24)13-5-8-15(19)16(20)11-13/h3-8,11H,2,9-10H2,1H3,(H,21,23)(H,22,24). The van der Waals surface area contributed by atoms with Gasteiger partial charge in [-0.15, -0.1) is 0 Å². The summed E-state index contributed by atoms with van der Waals surface area (Å²) in [5.74, 6) is 0.216. The van der Waals surface area contributed by atoms with Gasteiger partial charge in [0.05, 0.1) is 16.7 Å². The summed E-state index contributed by atoms with van der Waals surface area (Å²) < 4.78 is 5.33. The van der Waals surface area contributed by atoms with Crippen LogP contribution in [0.5, 0.6) is 5.75 Å². The quantitative estimate of drug-likeness (QED) is 0.721. The minimum absolute atomic E-state index is 0.216. The third-order valence-corrected chi connectivity index (χ3v) is 4.04. The molecule has 2 amide bonds. The minimum atomic E-state index is -0.283. The normalized spacial score (nSPS) is 10.2. The number of carbonyl (C=O) groups is 2. The number of hydrogen-bond donors (Lipinski definition) is 2. The zero-order valence-electron chi connectivity index (χ0n) is 13.6. The Morgan fingerprint density at radius 3 is 2.00 bits per heavy atom. The van der Waals surface area contributed by atoms with Crippen LogP contribution in [0.3, 0.4) is 0 Å². The van der Waals surface area contributed by atoms with Gasteiger partial charge in [0.15, 0.2) is 0 Å². The molecule has 0 heterocycles. The summed E-state index contributed by atoms with van der Waals surface area (Å²) in [5.41, 5.74) is 0.937. The first kappa shape index (κ1) is 19.1. The molecule has 0 unspecified atom stereocenters. The van der Waals surface area contributed by atoms with Gasteiger partial charge >= 0.3 is 0 Å². The van der Waals surface area contributed by atoms with Crippen molar-refractivity contribution in [1.82, 2.24) is 10.6 Å². The second kappa shape index (κ2) is 9.30. The molecular weight excluding hydrogens is 363 g/mol. The van der Waals surface area contributed by atoms with Crippen molar-refractivity contribution >= 4 is 35.0 Å². The number of halogens is 2. The van der Waals surface area contributed by atoms with Crippen LogP contribution in [0.25, 0.3) is 0 Å². The third kappa shape index (κ3) is 5.66. The molecule has 0 bridgehead atoms. The molecule has 2 aromatic rings. The highest BCUT2D eigenvalue weighted by Gasteiger charge is 2.08. The van der Waals surface area contributed by atoms with Crippen LogP contribution >= 0.6 is 23.2 Å². The smallest absolute Gasteiger partial charge is 0.251 e. The number of amides is 2. The summed E-state index contributed by atoms with van der Waals surface area (Å²) in [5, 5.41) is 6.15. The second-order valence-corrected chi connectivity index (χ2v) is 5.91. The molecule has 25 heavy (non-hydrogen) atoms. The Morgan fingerprint density at radius 2 is 1.44 bits per heavy atom. The van der Waals surface area contributed by atoms with Crippen LogP contribution in [0, 0.1) is 0 Å². The largest absolute Gasteiger partial charge is 0.494 e. The van der Waals surface area contributed by atoms with Crippen LogP contribution < -0.4 is 15.4 Å². The van der Waals surface area contributed by atoms with Gasteiger partial charge in [0, 0.05) is 24.2 Å². The summed E-state index contributed by atoms with van der Waals surface area (Å²) in [6.45, 7) is 3.07. The molecule has 0 fully saturated rings. The Hall–Kier alpha value is -2.24. The minimum Gasteiger partial charge on any atom is -0.494 e. The number of benzene rings is 2. The fraction of sp³-hybridized carbons (Fsp3) is 0.222. The van der Waals surface area contributed by atoms with Gasteiger partial charge < -0.3 is 15.4 Å². The second-order valence-electron chi connectivity index (χ2n) is 5.10. The first-order chi connectivity index (χ1) is 12.0. The van der Waals surface area contributed by atoms with Gasteiger partial charge in [0.2, 0.25) is 0 Å². The summed E-state index contributed by atoms with van der Waals surface area (Å²) in [4.78, 5) is 24.0. The molecule has 0 aliphatic rings. The maximum atomic E-state index is 12.0. The topological polar surface area (TPSA) is 67.4 Å². The number of rotatable bonds is 7. The van der Waals surface area contributed by atoms with Crippen molar-refractivity contribution in [1.29, 1.82) is 0 Å². The maximum Gasteiger partial charge on any atom is 0.251 e. The zero-order valence-corrected chi connectivity index (χ0v) is 15.2. The zero-order chi connectivity index (χ0) is 18.2. The van der Waals surface area contributed by atoms with E-state index in [1.54, 1.807) is 36.4 Å². The van der Waals surface area contributed by atoms with Crippen molar-refractivity contribution < 1.29 is 14.3 Å². The number of ether oxygens (including phenoxy) is 1. The van der Waals surface area contributed by atoms with Crippen molar-refractivity contribution in [3.05, 3.63) is 63.6 Å². The Balaban J connectivity index is 1.77. The van der Waals surface area contributed by atoms with E-state index < -0.39 is 0 Å². The fourth-order valence-electron chi connectivity index (χ4n) is 2.06. The molecule has 7 heteroatoms. The lowest BCUT2D eigenvalue weighted by Gasteiger charge is -2.08. The van der Waals surface area contributed by atoms with Crippen molar-refractivity contribution in [2.24, 2.45) is 0 Å². The highest BCUT2D eigenvalue weighted by Crippen LogP contribution is 2.22. The summed E-state index contributed by atoms with van der Waals surface area (Å²) in [6, 6.07) is 11.5. The molecule has 2 aromatic carbocycles. The average molecular weight is 381 g/mol. The molecule has 0 aromatic heterocycles. The predicted molar refractivity (Wildman–Crippen MR) is 98.7 cm³/mol. The van der Waals surface area contributed by atoms with Crippen molar-refractivity contribution in [3.8, 4) is 5.75 Å². The number of hydrogen-bond acceptors (Lipinski definition) is 3. The highest BCUT2D eigenvalue weighted by atomic mass is 35.5. The van der Waals surface area contributed by atoms with E-state index in [0.717, 1.165) is 0 Å². The van der Waals surface area contributed by atoms with E-state index in [4.69, 9.17) is 27.9 Å². The third-order valence-electron chi connectivity index (χ3n) is 3.31. The van der Waals surface area contributed by atoms with Crippen LogP contribution in [0.2, 0.25) is 10.0 Å². The first-order valence-corrected chi connectivity index (χ1v) is 8.51. The van der Waals surface area contributed by atoms with E-state index >= 15 is 0 Å². The number of carbonyl (C=O) groups excluding carboxylic acids is 2. The van der Waals surface area contributed by atoms with Gasteiger partial charge in [0.1, 0.15) is 5.75 Å². The molecule has 2 rings (SSSR count). The summed E-state index contributed by atoms with van der Waals surface area (Å²) >= 11 is 11.7. The highest BCUT2D eigenvalue weighted by molar-refractivity contribution is 6.42. The van der Waals surface area contributed by atoms with Crippen LogP contribution in [-0.4, -0.2) is 31.5 Å². The maximum absolute atomic E-state index is 12.0. The van der Waals surface area contributed by atoms with E-state index in [1.807, 2.05) is 6.92 Å². The summed E-state index contributed by atoms with van der Waals surface area (Å²) in [7, 11) is 0. The lowest BCUT2D eigenvalue weighted by atomic mass is 10.2. The van der Waals surface area contributed by atoms with E-state index in [-0.39, 0.29) is 11.8 Å². The molecule has 2 N–H and O–H groups in total. The number of nitrogens with one attached hydrogen (secondary N) is 2. The van der Waals surface area contributed by atoms with Crippen LogP contribution in [0.15, 0.2) is 42.5 Å². The fourth-order valence-corrected chi connectivity index (χ4v) is 2.36. The lowest BCUT2D eigenvalue weighted by molar-refractivity contribution is 0.0927. The first-order valence-electron chi connectivity index (χ1n) is 7.75. The molecule has 0 spiro atoms. The molecule has 0 radical (unpaired) electrons. The SMILES string of the molecule is CCOc1ccc(C(=O)NCCNC(=O)c2ccc(Cl)c(Cl)c2)cc1. The van der Waals surface area contributed by atoms with Crippen LogP contribution in [0.4, 0.5) is 0 Å². The Morgan fingerprint density at radius 1 is 0.880 bits per heavy atom.